The minimum Gasteiger partial charge on any atom is -0.457 e. The van der Waals surface area contributed by atoms with Crippen molar-refractivity contribution in [1.82, 2.24) is 0 Å². The first-order valence-electron chi connectivity index (χ1n) is 10.8. The van der Waals surface area contributed by atoms with Gasteiger partial charge in [0.2, 0.25) is 0 Å². The fourth-order valence-electron chi connectivity index (χ4n) is 3.75. The van der Waals surface area contributed by atoms with Crippen LogP contribution in [0.5, 0.6) is 11.5 Å². The van der Waals surface area contributed by atoms with E-state index in [1.807, 2.05) is 67.6 Å². The Morgan fingerprint density at radius 3 is 1.82 bits per heavy atom. The minimum atomic E-state index is -0.374. The normalized spacial score (nSPS) is 10.6. The van der Waals surface area contributed by atoms with Gasteiger partial charge < -0.3 is 4.74 Å². The third-order valence-electron chi connectivity index (χ3n) is 5.50. The molecule has 0 amide bonds. The van der Waals surface area contributed by atoms with Gasteiger partial charge in [0.1, 0.15) is 11.5 Å². The van der Waals surface area contributed by atoms with Crippen LogP contribution in [0.3, 0.4) is 0 Å². The molecule has 0 fully saturated rings. The molecule has 0 radical (unpaired) electrons. The van der Waals surface area contributed by atoms with Crippen molar-refractivity contribution in [2.24, 2.45) is 0 Å². The third-order valence-corrected chi connectivity index (χ3v) is 5.50. The molecule has 0 aromatic heterocycles. The Balaban J connectivity index is 1.73. The lowest BCUT2D eigenvalue weighted by atomic mass is 9.99. The number of nitrogens with zero attached hydrogens (tertiary/aromatic N) is 1. The molecule has 0 heterocycles. The van der Waals surface area contributed by atoms with E-state index in [1.165, 1.54) is 11.6 Å². The maximum absolute atomic E-state index is 11.4. The van der Waals surface area contributed by atoms with Crippen molar-refractivity contribution in [3.63, 3.8) is 0 Å². The summed E-state index contributed by atoms with van der Waals surface area (Å²) in [6.07, 6.45) is 1.24. The first-order chi connectivity index (χ1) is 16.0. The number of nitro groups is 1. The monoisotopic (exact) mass is 435 g/mol. The summed E-state index contributed by atoms with van der Waals surface area (Å²) in [5.74, 6) is 1.34. The van der Waals surface area contributed by atoms with Gasteiger partial charge in [0, 0.05) is 30.5 Å². The van der Waals surface area contributed by atoms with Crippen molar-refractivity contribution in [3.8, 4) is 11.5 Å². The molecule has 0 saturated heterocycles. The second-order valence-electron chi connectivity index (χ2n) is 8.08. The molecule has 0 spiro atoms. The molecule has 0 saturated carbocycles. The molecule has 0 aliphatic heterocycles. The molecule has 0 aliphatic rings. The number of hydrogen-bond acceptors (Lipinski definition) is 3. The molecule has 4 nitrogen and oxygen atoms in total. The minimum absolute atomic E-state index is 0.0513. The van der Waals surface area contributed by atoms with Gasteiger partial charge in [-0.25, -0.2) is 0 Å². The molecule has 4 aromatic carbocycles. The lowest BCUT2D eigenvalue weighted by Gasteiger charge is -2.16. The van der Waals surface area contributed by atoms with Gasteiger partial charge in [-0.1, -0.05) is 78.9 Å². The predicted molar refractivity (Wildman–Crippen MR) is 133 cm³/mol. The topological polar surface area (TPSA) is 52.4 Å². The number of benzene rings is 4. The summed E-state index contributed by atoms with van der Waals surface area (Å²) in [7, 11) is 0. The van der Waals surface area contributed by atoms with Crippen LogP contribution in [0.1, 0.15) is 34.7 Å². The van der Waals surface area contributed by atoms with Crippen LogP contribution in [0.15, 0.2) is 104 Å². The summed E-state index contributed by atoms with van der Waals surface area (Å²) >= 11 is 0. The Labute approximate surface area is 194 Å². The second kappa shape index (κ2) is 9.96. The molecular formula is C29H25NO3. The maximum atomic E-state index is 11.4. The van der Waals surface area contributed by atoms with Crippen LogP contribution in [-0.2, 0) is 12.8 Å². The van der Waals surface area contributed by atoms with Gasteiger partial charge in [0.15, 0.2) is 0 Å². The van der Waals surface area contributed by atoms with Gasteiger partial charge in [0.25, 0.3) is 5.69 Å². The number of ether oxygens (including phenoxy) is 1. The van der Waals surface area contributed by atoms with Gasteiger partial charge >= 0.3 is 0 Å². The van der Waals surface area contributed by atoms with E-state index in [-0.39, 0.29) is 10.6 Å². The van der Waals surface area contributed by atoms with Crippen LogP contribution in [-0.4, -0.2) is 4.92 Å². The Bertz CT molecular complexity index is 1180. The summed E-state index contributed by atoms with van der Waals surface area (Å²) in [6.45, 7) is 6.05. The lowest BCUT2D eigenvalue weighted by Crippen LogP contribution is -1.99. The molecule has 4 heteroatoms. The van der Waals surface area contributed by atoms with E-state index < -0.39 is 0 Å². The van der Waals surface area contributed by atoms with E-state index in [0.717, 1.165) is 33.6 Å². The molecule has 0 aliphatic carbocycles. The number of nitro benzene ring substituents is 1. The van der Waals surface area contributed by atoms with Crippen molar-refractivity contribution >= 4 is 11.3 Å². The fraction of sp³-hybridized carbons (Fsp3) is 0.103. The van der Waals surface area contributed by atoms with Crippen LogP contribution in [0, 0.1) is 10.1 Å². The van der Waals surface area contributed by atoms with Crippen molar-refractivity contribution in [1.29, 1.82) is 0 Å². The van der Waals surface area contributed by atoms with Gasteiger partial charge in [-0.05, 0) is 47.4 Å². The number of non-ortho nitro benzene ring substituents is 1. The molecule has 0 N–H and O–H groups in total. The summed E-state index contributed by atoms with van der Waals surface area (Å²) in [5.41, 5.74) is 6.13. The van der Waals surface area contributed by atoms with Crippen LogP contribution < -0.4 is 4.74 Å². The first-order valence-corrected chi connectivity index (χ1v) is 10.8. The molecule has 33 heavy (non-hydrogen) atoms. The zero-order valence-electron chi connectivity index (χ0n) is 18.5. The van der Waals surface area contributed by atoms with Crippen molar-refractivity contribution in [2.45, 2.75) is 19.8 Å². The van der Waals surface area contributed by atoms with E-state index in [9.17, 15) is 10.1 Å². The highest BCUT2D eigenvalue weighted by atomic mass is 16.6. The summed E-state index contributed by atoms with van der Waals surface area (Å²) in [6, 6.07) is 30.9. The highest BCUT2D eigenvalue weighted by Gasteiger charge is 2.15. The zero-order valence-corrected chi connectivity index (χ0v) is 18.5. The summed E-state index contributed by atoms with van der Waals surface area (Å²) in [4.78, 5) is 11.0. The standard InChI is InChI=1S/C29H25NO3/c1-21(2)24-13-15-28(25(19-24)17-22-9-5-3-6-10-22)33-29-16-14-27(30(31)32)20-26(29)18-23-11-7-4-8-12-23/h3-16,19-20H,1,17-18H2,2H3. The SMILES string of the molecule is C=C(C)c1ccc(Oc2ccc([N+](=O)[O-])cc2Cc2ccccc2)c(Cc2ccccc2)c1. The molecular weight excluding hydrogens is 410 g/mol. The van der Waals surface area contributed by atoms with Gasteiger partial charge in [-0.2, -0.15) is 0 Å². The summed E-state index contributed by atoms with van der Waals surface area (Å²) in [5, 5.41) is 11.4. The Hall–Kier alpha value is -4.18. The number of allylic oxidation sites excluding steroid dienone is 1. The number of hydrogen-bond donors (Lipinski definition) is 0. The second-order valence-corrected chi connectivity index (χ2v) is 8.08. The van der Waals surface area contributed by atoms with Crippen LogP contribution in [0.25, 0.3) is 5.57 Å². The van der Waals surface area contributed by atoms with E-state index >= 15 is 0 Å². The van der Waals surface area contributed by atoms with Gasteiger partial charge in [0.05, 0.1) is 4.92 Å². The molecule has 0 atom stereocenters. The first kappa shape index (κ1) is 22.0. The molecule has 4 rings (SSSR count). The maximum Gasteiger partial charge on any atom is 0.269 e. The highest BCUT2D eigenvalue weighted by Crippen LogP contribution is 2.34. The van der Waals surface area contributed by atoms with E-state index in [4.69, 9.17) is 4.74 Å². The van der Waals surface area contributed by atoms with E-state index in [0.29, 0.717) is 18.6 Å². The Kier molecular flexibility index (Phi) is 6.65. The van der Waals surface area contributed by atoms with Gasteiger partial charge in [-0.3, -0.25) is 10.1 Å². The molecule has 4 aromatic rings. The molecule has 0 bridgehead atoms. The smallest absolute Gasteiger partial charge is 0.269 e. The zero-order chi connectivity index (χ0) is 23.2. The molecule has 0 unspecified atom stereocenters. The average Bonchev–Trinajstić information content (AvgIpc) is 2.82. The highest BCUT2D eigenvalue weighted by molar-refractivity contribution is 5.64. The Morgan fingerprint density at radius 1 is 0.788 bits per heavy atom. The number of rotatable bonds is 8. The predicted octanol–water partition coefficient (Wildman–Crippen LogP) is 7.60. The quantitative estimate of drug-likeness (QED) is 0.211. The van der Waals surface area contributed by atoms with Gasteiger partial charge in [-0.15, -0.1) is 0 Å². The Morgan fingerprint density at radius 2 is 1.30 bits per heavy atom. The van der Waals surface area contributed by atoms with Crippen molar-refractivity contribution in [2.75, 3.05) is 0 Å². The van der Waals surface area contributed by atoms with E-state index in [1.54, 1.807) is 12.1 Å². The van der Waals surface area contributed by atoms with Crippen molar-refractivity contribution in [3.05, 3.63) is 142 Å². The van der Waals surface area contributed by atoms with Crippen LogP contribution in [0.2, 0.25) is 0 Å². The largest absolute Gasteiger partial charge is 0.457 e. The van der Waals surface area contributed by atoms with Crippen LogP contribution >= 0.6 is 0 Å². The fourth-order valence-corrected chi connectivity index (χ4v) is 3.75. The molecule has 164 valence electrons. The van der Waals surface area contributed by atoms with Crippen LogP contribution in [0.4, 0.5) is 5.69 Å². The third kappa shape index (κ3) is 5.55. The van der Waals surface area contributed by atoms with Crippen molar-refractivity contribution < 1.29 is 9.66 Å². The average molecular weight is 436 g/mol. The lowest BCUT2D eigenvalue weighted by molar-refractivity contribution is -0.384. The summed E-state index contributed by atoms with van der Waals surface area (Å²) < 4.78 is 6.40. The van der Waals surface area contributed by atoms with E-state index in [2.05, 4.69) is 24.8 Å².